The van der Waals surface area contributed by atoms with Crippen molar-refractivity contribution in [3.05, 3.63) is 82.7 Å². The second-order valence-corrected chi connectivity index (χ2v) is 8.13. The molecule has 0 bridgehead atoms. The molecule has 4 nitrogen and oxygen atoms in total. The first-order valence-electron chi connectivity index (χ1n) is 12.3. The smallest absolute Gasteiger partial charge is 0.137 e. The fourth-order valence-corrected chi connectivity index (χ4v) is 3.82. The molecule has 1 N–H and O–H groups in total. The first-order valence-corrected chi connectivity index (χ1v) is 12.3. The van der Waals surface area contributed by atoms with E-state index in [2.05, 4.69) is 106 Å². The molecule has 4 heteroatoms. The molecule has 0 saturated heterocycles. The summed E-state index contributed by atoms with van der Waals surface area (Å²) >= 11 is 0. The van der Waals surface area contributed by atoms with Gasteiger partial charge in [-0.15, -0.1) is 12.8 Å². The van der Waals surface area contributed by atoms with Crippen LogP contribution in [0.15, 0.2) is 76.6 Å². The highest BCUT2D eigenvalue weighted by atomic mass is 16.5. The molecule has 3 heterocycles. The normalized spacial score (nSPS) is 17.6. The van der Waals surface area contributed by atoms with Gasteiger partial charge in [0.2, 0.25) is 0 Å². The topological polar surface area (TPSA) is 36.9 Å². The number of fused-ring (bicyclic) bond motifs is 1. The third-order valence-electron chi connectivity index (χ3n) is 5.36. The van der Waals surface area contributed by atoms with Crippen LogP contribution in [0.1, 0.15) is 58.1 Å². The standard InChI is InChI=1S/C25H29N3O.C3H8.C2H2/c1-4-6-22-16-23(20-8-7-18(3)24(15-20)29-5-2)27-25-10-9-21(17-28(22)25)19-11-13-26-14-12-19;1-3-2;1-2/h6-11,15-17,26H,4-5,12-14H2,1-3H3;3H2,1-2H3;1-2H/b22-6-;;. The molecule has 0 radical (unpaired) electrons. The zero-order valence-electron chi connectivity index (χ0n) is 21.4. The van der Waals surface area contributed by atoms with Crippen LogP contribution in [0.3, 0.4) is 0 Å². The number of rotatable bonds is 5. The quantitative estimate of drug-likeness (QED) is 0.495. The minimum absolute atomic E-state index is 0.661. The summed E-state index contributed by atoms with van der Waals surface area (Å²) in [5.41, 5.74) is 7.05. The summed E-state index contributed by atoms with van der Waals surface area (Å²) in [6, 6.07) is 6.33. The Bertz CT molecular complexity index is 1030. The summed E-state index contributed by atoms with van der Waals surface area (Å²) in [6.07, 6.45) is 24.6. The van der Waals surface area contributed by atoms with Gasteiger partial charge >= 0.3 is 0 Å². The third kappa shape index (κ3) is 6.85. The molecule has 180 valence electrons. The average Bonchev–Trinajstić information content (AvgIpc) is 2.87. The molecule has 0 fully saturated rings. The Hall–Kier alpha value is -3.29. The van der Waals surface area contributed by atoms with Gasteiger partial charge < -0.3 is 15.0 Å². The molecule has 3 aliphatic rings. The van der Waals surface area contributed by atoms with E-state index in [4.69, 9.17) is 9.73 Å². The van der Waals surface area contributed by atoms with Gasteiger partial charge in [-0.1, -0.05) is 51.5 Å². The lowest BCUT2D eigenvalue weighted by Crippen LogP contribution is -2.29. The Labute approximate surface area is 206 Å². The van der Waals surface area contributed by atoms with Gasteiger partial charge in [-0.25, -0.2) is 4.99 Å². The van der Waals surface area contributed by atoms with Crippen molar-refractivity contribution in [1.29, 1.82) is 0 Å². The second kappa shape index (κ2) is 14.1. The fourth-order valence-electron chi connectivity index (χ4n) is 3.82. The van der Waals surface area contributed by atoms with Gasteiger partial charge in [0.25, 0.3) is 0 Å². The molecule has 4 rings (SSSR count). The first-order chi connectivity index (χ1) is 16.6. The fraction of sp³-hybridized carbons (Fsp3) is 0.367. The number of terminal acetylenes is 1. The van der Waals surface area contributed by atoms with E-state index in [9.17, 15) is 0 Å². The summed E-state index contributed by atoms with van der Waals surface area (Å²) in [6.45, 7) is 13.2. The van der Waals surface area contributed by atoms with Crippen LogP contribution in [0.5, 0.6) is 5.75 Å². The van der Waals surface area contributed by atoms with Crippen molar-refractivity contribution < 1.29 is 4.74 Å². The monoisotopic (exact) mass is 457 g/mol. The van der Waals surface area contributed by atoms with Crippen LogP contribution < -0.4 is 10.1 Å². The highest BCUT2D eigenvalue weighted by Crippen LogP contribution is 2.33. The van der Waals surface area contributed by atoms with Crippen LogP contribution in [0.2, 0.25) is 0 Å². The Balaban J connectivity index is 0.000000758. The van der Waals surface area contributed by atoms with Crippen LogP contribution in [-0.4, -0.2) is 30.4 Å². The molecule has 0 atom stereocenters. The molecule has 0 amide bonds. The number of hydrogen-bond acceptors (Lipinski definition) is 4. The lowest BCUT2D eigenvalue weighted by Gasteiger charge is -2.30. The molecule has 0 spiro atoms. The number of aliphatic imine (C=N–C) groups is 1. The highest BCUT2D eigenvalue weighted by molar-refractivity contribution is 6.02. The zero-order chi connectivity index (χ0) is 24.9. The van der Waals surface area contributed by atoms with E-state index in [1.54, 1.807) is 0 Å². The van der Waals surface area contributed by atoms with Crippen LogP contribution in [0, 0.1) is 19.8 Å². The van der Waals surface area contributed by atoms with E-state index in [0.717, 1.165) is 54.3 Å². The van der Waals surface area contributed by atoms with Gasteiger partial charge in [-0.05, 0) is 74.2 Å². The van der Waals surface area contributed by atoms with E-state index in [1.165, 1.54) is 23.3 Å². The Morgan fingerprint density at radius 1 is 1.15 bits per heavy atom. The first kappa shape index (κ1) is 27.0. The van der Waals surface area contributed by atoms with E-state index in [1.807, 2.05) is 6.92 Å². The summed E-state index contributed by atoms with van der Waals surface area (Å²) in [4.78, 5) is 7.17. The van der Waals surface area contributed by atoms with Gasteiger partial charge in [0.1, 0.15) is 11.6 Å². The molecular formula is C30H39N3O. The summed E-state index contributed by atoms with van der Waals surface area (Å²) < 4.78 is 5.79. The minimum atomic E-state index is 0.661. The third-order valence-corrected chi connectivity index (χ3v) is 5.36. The number of nitrogens with one attached hydrogen (secondary N) is 1. The largest absolute Gasteiger partial charge is 0.494 e. The number of hydrogen-bond donors (Lipinski definition) is 1. The number of aryl methyl sites for hydroxylation is 1. The van der Waals surface area contributed by atoms with E-state index < -0.39 is 0 Å². The van der Waals surface area contributed by atoms with Crippen molar-refractivity contribution in [2.45, 2.75) is 53.9 Å². The van der Waals surface area contributed by atoms with Crippen LogP contribution in [0.25, 0.3) is 5.70 Å². The van der Waals surface area contributed by atoms with Gasteiger partial charge in [0.15, 0.2) is 0 Å². The molecule has 0 unspecified atom stereocenters. The maximum absolute atomic E-state index is 5.79. The maximum Gasteiger partial charge on any atom is 0.137 e. The van der Waals surface area contributed by atoms with Gasteiger partial charge in [-0.2, -0.15) is 0 Å². The lowest BCUT2D eigenvalue weighted by atomic mass is 9.98. The molecular weight excluding hydrogens is 418 g/mol. The molecule has 0 saturated carbocycles. The number of ether oxygens (including phenoxy) is 1. The predicted molar refractivity (Wildman–Crippen MR) is 147 cm³/mol. The Morgan fingerprint density at radius 2 is 1.91 bits per heavy atom. The molecule has 0 aromatic heterocycles. The van der Waals surface area contributed by atoms with Crippen molar-refractivity contribution in [3.8, 4) is 18.6 Å². The molecule has 0 aliphatic carbocycles. The number of amidine groups is 1. The van der Waals surface area contributed by atoms with Crippen molar-refractivity contribution in [1.82, 2.24) is 10.2 Å². The number of benzene rings is 1. The Kier molecular flexibility index (Phi) is 11.2. The van der Waals surface area contributed by atoms with Crippen molar-refractivity contribution >= 4 is 11.5 Å². The molecule has 1 aromatic carbocycles. The summed E-state index contributed by atoms with van der Waals surface area (Å²) in [7, 11) is 0. The number of allylic oxidation sites excluding steroid dienone is 4. The van der Waals surface area contributed by atoms with Crippen molar-refractivity contribution in [2.75, 3.05) is 19.7 Å². The molecule has 1 aromatic rings. The van der Waals surface area contributed by atoms with E-state index >= 15 is 0 Å². The highest BCUT2D eigenvalue weighted by Gasteiger charge is 2.22. The van der Waals surface area contributed by atoms with Crippen LogP contribution in [0.4, 0.5) is 0 Å². The van der Waals surface area contributed by atoms with Gasteiger partial charge in [0, 0.05) is 24.0 Å². The number of nitrogens with zero attached hydrogens (tertiary/aromatic N) is 2. The molecule has 3 aliphatic heterocycles. The van der Waals surface area contributed by atoms with Crippen LogP contribution >= 0.6 is 0 Å². The van der Waals surface area contributed by atoms with Gasteiger partial charge in [0.05, 0.1) is 12.3 Å². The van der Waals surface area contributed by atoms with E-state index in [-0.39, 0.29) is 0 Å². The summed E-state index contributed by atoms with van der Waals surface area (Å²) in [5, 5.41) is 3.38. The lowest BCUT2D eigenvalue weighted by molar-refractivity contribution is 0.338. The molecule has 34 heavy (non-hydrogen) atoms. The predicted octanol–water partition coefficient (Wildman–Crippen LogP) is 6.78. The van der Waals surface area contributed by atoms with Gasteiger partial charge in [-0.3, -0.25) is 0 Å². The summed E-state index contributed by atoms with van der Waals surface area (Å²) in [5.74, 6) is 1.88. The minimum Gasteiger partial charge on any atom is -0.494 e. The van der Waals surface area contributed by atoms with E-state index in [0.29, 0.717) is 6.61 Å². The Morgan fingerprint density at radius 3 is 2.56 bits per heavy atom. The van der Waals surface area contributed by atoms with Crippen LogP contribution in [-0.2, 0) is 0 Å². The maximum atomic E-state index is 5.79. The van der Waals surface area contributed by atoms with Crippen molar-refractivity contribution in [2.24, 2.45) is 4.99 Å². The SMILES string of the molecule is C#C.CC/C=C1/C=C(c2ccc(C)c(OCC)c2)N=C2C=CC(C3=CCNCC3)=CN21.CCC. The van der Waals surface area contributed by atoms with Crippen molar-refractivity contribution in [3.63, 3.8) is 0 Å². The zero-order valence-corrected chi connectivity index (χ0v) is 21.4. The average molecular weight is 458 g/mol. The second-order valence-electron chi connectivity index (χ2n) is 8.13.